The third-order valence-corrected chi connectivity index (χ3v) is 5.23. The van der Waals surface area contributed by atoms with Gasteiger partial charge in [0.2, 0.25) is 0 Å². The number of hydrogen-bond acceptors (Lipinski definition) is 3. The molecule has 1 aliphatic rings. The summed E-state index contributed by atoms with van der Waals surface area (Å²) < 4.78 is 0. The van der Waals surface area contributed by atoms with Crippen LogP contribution in [0.2, 0.25) is 5.02 Å². The van der Waals surface area contributed by atoms with Gasteiger partial charge >= 0.3 is 0 Å². The quantitative estimate of drug-likeness (QED) is 0.905. The van der Waals surface area contributed by atoms with Crippen molar-refractivity contribution in [2.75, 3.05) is 19.6 Å². The van der Waals surface area contributed by atoms with Gasteiger partial charge < -0.3 is 10.6 Å². The number of rotatable bonds is 3. The number of halogens is 2. The van der Waals surface area contributed by atoms with Gasteiger partial charge in [0.1, 0.15) is 0 Å². The molecule has 1 amide bonds. The second kappa shape index (κ2) is 7.47. The van der Waals surface area contributed by atoms with Crippen molar-refractivity contribution < 1.29 is 4.79 Å². The molecule has 1 aromatic carbocycles. The van der Waals surface area contributed by atoms with E-state index in [-0.39, 0.29) is 18.3 Å². The number of benzene rings is 1. The summed E-state index contributed by atoms with van der Waals surface area (Å²) >= 11 is 7.43. The van der Waals surface area contributed by atoms with Gasteiger partial charge in [-0.15, -0.1) is 23.7 Å². The number of likely N-dealkylation sites (tertiary alicyclic amines) is 1. The lowest BCUT2D eigenvalue weighted by Crippen LogP contribution is -2.29. The van der Waals surface area contributed by atoms with Crippen LogP contribution in [0.4, 0.5) is 0 Å². The van der Waals surface area contributed by atoms with E-state index < -0.39 is 0 Å². The summed E-state index contributed by atoms with van der Waals surface area (Å²) in [5, 5.41) is 0.719. The van der Waals surface area contributed by atoms with Crippen LogP contribution in [-0.2, 0) is 0 Å². The topological polar surface area (TPSA) is 46.3 Å². The lowest BCUT2D eigenvalue weighted by Gasteiger charge is -2.14. The highest BCUT2D eigenvalue weighted by molar-refractivity contribution is 7.17. The summed E-state index contributed by atoms with van der Waals surface area (Å²) in [5.41, 5.74) is 6.77. The largest absolute Gasteiger partial charge is 0.338 e. The normalized spacial score (nSPS) is 17.4. The SMILES string of the molecule is Cl.NCC1CCN(C(=O)c2ccc(-c3ccc(Cl)cc3)s2)C1. The van der Waals surface area contributed by atoms with Crippen molar-refractivity contribution in [2.24, 2.45) is 11.7 Å². The van der Waals surface area contributed by atoms with Crippen LogP contribution in [0.25, 0.3) is 10.4 Å². The minimum atomic E-state index is 0. The molecule has 1 fully saturated rings. The van der Waals surface area contributed by atoms with Gasteiger partial charge in [0.15, 0.2) is 0 Å². The Morgan fingerprint density at radius 1 is 1.27 bits per heavy atom. The summed E-state index contributed by atoms with van der Waals surface area (Å²) in [7, 11) is 0. The van der Waals surface area contributed by atoms with Gasteiger partial charge in [-0.2, -0.15) is 0 Å². The Hall–Kier alpha value is -1.07. The molecule has 1 unspecified atom stereocenters. The van der Waals surface area contributed by atoms with Crippen molar-refractivity contribution in [2.45, 2.75) is 6.42 Å². The smallest absolute Gasteiger partial charge is 0.263 e. The molecule has 0 spiro atoms. The Morgan fingerprint density at radius 3 is 2.64 bits per heavy atom. The number of carbonyl (C=O) groups is 1. The third kappa shape index (κ3) is 3.63. The standard InChI is InChI=1S/C16H17ClN2OS.ClH/c17-13-3-1-12(2-4-13)14-5-6-15(21-14)16(20)19-8-7-11(9-18)10-19;/h1-6,11H,7-10,18H2;1H. The van der Waals surface area contributed by atoms with E-state index in [4.69, 9.17) is 17.3 Å². The Bertz CT molecular complexity index is 642. The van der Waals surface area contributed by atoms with Gasteiger partial charge in [0, 0.05) is 23.0 Å². The van der Waals surface area contributed by atoms with Crippen LogP contribution >= 0.6 is 35.3 Å². The monoisotopic (exact) mass is 356 g/mol. The zero-order chi connectivity index (χ0) is 14.8. The molecule has 1 atom stereocenters. The Morgan fingerprint density at radius 2 is 2.00 bits per heavy atom. The zero-order valence-corrected chi connectivity index (χ0v) is 14.4. The summed E-state index contributed by atoms with van der Waals surface area (Å²) in [5.74, 6) is 0.570. The predicted molar refractivity (Wildman–Crippen MR) is 95.1 cm³/mol. The summed E-state index contributed by atoms with van der Waals surface area (Å²) in [6, 6.07) is 11.6. The van der Waals surface area contributed by atoms with Crippen LogP contribution in [0.5, 0.6) is 0 Å². The van der Waals surface area contributed by atoms with Crippen molar-refractivity contribution in [1.29, 1.82) is 0 Å². The van der Waals surface area contributed by atoms with Crippen LogP contribution in [0.1, 0.15) is 16.1 Å². The fourth-order valence-corrected chi connectivity index (χ4v) is 3.69. The maximum Gasteiger partial charge on any atom is 0.263 e. The van der Waals surface area contributed by atoms with E-state index >= 15 is 0 Å². The van der Waals surface area contributed by atoms with Crippen LogP contribution in [-0.4, -0.2) is 30.4 Å². The zero-order valence-electron chi connectivity index (χ0n) is 12.0. The average molecular weight is 357 g/mol. The maximum atomic E-state index is 12.5. The van der Waals surface area contributed by atoms with Crippen molar-refractivity contribution in [1.82, 2.24) is 4.90 Å². The molecule has 0 radical (unpaired) electrons. The summed E-state index contributed by atoms with van der Waals surface area (Å²) in [6.07, 6.45) is 1.01. The number of nitrogens with two attached hydrogens (primary N) is 1. The molecular formula is C16H18Cl2N2OS. The number of hydrogen-bond donors (Lipinski definition) is 1. The molecule has 3 rings (SSSR count). The molecule has 6 heteroatoms. The molecule has 1 saturated heterocycles. The van der Waals surface area contributed by atoms with E-state index in [1.807, 2.05) is 41.3 Å². The van der Waals surface area contributed by atoms with E-state index in [0.29, 0.717) is 12.5 Å². The molecule has 118 valence electrons. The molecular weight excluding hydrogens is 339 g/mol. The molecule has 1 aliphatic heterocycles. The van der Waals surface area contributed by atoms with Crippen molar-refractivity contribution in [3.05, 3.63) is 46.3 Å². The Balaban J connectivity index is 0.00000176. The van der Waals surface area contributed by atoms with Crippen LogP contribution in [0.3, 0.4) is 0 Å². The highest BCUT2D eigenvalue weighted by atomic mass is 35.5. The lowest BCUT2D eigenvalue weighted by molar-refractivity contribution is 0.0792. The molecule has 22 heavy (non-hydrogen) atoms. The Labute approximate surface area is 145 Å². The third-order valence-electron chi connectivity index (χ3n) is 3.85. The van der Waals surface area contributed by atoms with Crippen LogP contribution in [0.15, 0.2) is 36.4 Å². The fourth-order valence-electron chi connectivity index (χ4n) is 2.59. The summed E-state index contributed by atoms with van der Waals surface area (Å²) in [4.78, 5) is 16.3. The number of thiophene rings is 1. The summed E-state index contributed by atoms with van der Waals surface area (Å²) in [6.45, 7) is 2.25. The minimum Gasteiger partial charge on any atom is -0.338 e. The second-order valence-electron chi connectivity index (χ2n) is 5.31. The molecule has 0 aliphatic carbocycles. The predicted octanol–water partition coefficient (Wildman–Crippen LogP) is 3.91. The lowest BCUT2D eigenvalue weighted by atomic mass is 10.1. The molecule has 3 nitrogen and oxygen atoms in total. The highest BCUT2D eigenvalue weighted by Gasteiger charge is 2.26. The first-order valence-corrected chi connectivity index (χ1v) is 8.22. The molecule has 2 aromatic rings. The van der Waals surface area contributed by atoms with Gasteiger partial charge in [0.25, 0.3) is 5.91 Å². The van der Waals surface area contributed by atoms with Gasteiger partial charge in [-0.05, 0) is 48.7 Å². The first kappa shape index (κ1) is 17.3. The molecule has 0 saturated carbocycles. The van der Waals surface area contributed by atoms with Crippen molar-refractivity contribution in [3.63, 3.8) is 0 Å². The van der Waals surface area contributed by atoms with E-state index in [2.05, 4.69) is 0 Å². The first-order chi connectivity index (χ1) is 10.2. The molecule has 0 bridgehead atoms. The van der Waals surface area contributed by atoms with Gasteiger partial charge in [0.05, 0.1) is 4.88 Å². The van der Waals surface area contributed by atoms with E-state index in [0.717, 1.165) is 39.9 Å². The molecule has 1 aromatic heterocycles. The molecule has 2 N–H and O–H groups in total. The average Bonchev–Trinajstić information content (AvgIpc) is 3.16. The second-order valence-corrected chi connectivity index (χ2v) is 6.83. The number of amides is 1. The number of carbonyl (C=O) groups excluding carboxylic acids is 1. The Kier molecular flexibility index (Phi) is 5.87. The van der Waals surface area contributed by atoms with Crippen LogP contribution in [0, 0.1) is 5.92 Å². The number of nitrogens with zero attached hydrogens (tertiary/aromatic N) is 1. The highest BCUT2D eigenvalue weighted by Crippen LogP contribution is 2.30. The van der Waals surface area contributed by atoms with Crippen LogP contribution < -0.4 is 5.73 Å². The van der Waals surface area contributed by atoms with Gasteiger partial charge in [-0.25, -0.2) is 0 Å². The van der Waals surface area contributed by atoms with E-state index in [9.17, 15) is 4.79 Å². The first-order valence-electron chi connectivity index (χ1n) is 7.02. The van der Waals surface area contributed by atoms with Crippen molar-refractivity contribution in [3.8, 4) is 10.4 Å². The van der Waals surface area contributed by atoms with Crippen molar-refractivity contribution >= 4 is 41.3 Å². The molecule has 2 heterocycles. The minimum absolute atomic E-state index is 0. The van der Waals surface area contributed by atoms with E-state index in [1.54, 1.807) is 0 Å². The van der Waals surface area contributed by atoms with E-state index in [1.165, 1.54) is 11.3 Å². The maximum absolute atomic E-state index is 12.5. The van der Waals surface area contributed by atoms with Gasteiger partial charge in [-0.1, -0.05) is 23.7 Å². The van der Waals surface area contributed by atoms with Gasteiger partial charge in [-0.3, -0.25) is 4.79 Å². The fraction of sp³-hybridized carbons (Fsp3) is 0.312.